The molecular formula is C15H18N4O2. The molecule has 1 aliphatic carbocycles. The Morgan fingerprint density at radius 2 is 2.29 bits per heavy atom. The summed E-state index contributed by atoms with van der Waals surface area (Å²) in [5.41, 5.74) is 0.355. The van der Waals surface area contributed by atoms with Crippen LogP contribution in [0.5, 0.6) is 0 Å². The molecule has 3 rings (SSSR count). The van der Waals surface area contributed by atoms with E-state index in [1.165, 1.54) is 4.90 Å². The molecule has 1 amide bonds. The molecule has 0 spiro atoms. The predicted molar refractivity (Wildman–Crippen MR) is 77.1 cm³/mol. The number of pyridine rings is 1. The fourth-order valence-electron chi connectivity index (χ4n) is 2.26. The topological polar surface area (TPSA) is 71.2 Å². The molecule has 0 saturated heterocycles. The van der Waals surface area contributed by atoms with Gasteiger partial charge in [-0.25, -0.2) is 9.67 Å². The Kier molecular flexibility index (Phi) is 3.70. The van der Waals surface area contributed by atoms with Gasteiger partial charge >= 0.3 is 0 Å². The number of carbonyl (C=O) groups is 1. The lowest BCUT2D eigenvalue weighted by molar-refractivity contribution is 0.0640. The zero-order valence-electron chi connectivity index (χ0n) is 11.9. The maximum absolute atomic E-state index is 12.4. The van der Waals surface area contributed by atoms with Gasteiger partial charge in [-0.15, -0.1) is 0 Å². The summed E-state index contributed by atoms with van der Waals surface area (Å²) in [6.07, 6.45) is 5.10. The molecule has 0 radical (unpaired) electrons. The average molecular weight is 286 g/mol. The van der Waals surface area contributed by atoms with Gasteiger partial charge in [-0.2, -0.15) is 5.10 Å². The zero-order valence-corrected chi connectivity index (χ0v) is 11.9. The number of aliphatic hydroxyl groups excluding tert-OH is 1. The van der Waals surface area contributed by atoms with Gasteiger partial charge in [0, 0.05) is 26.0 Å². The van der Waals surface area contributed by atoms with Crippen LogP contribution in [0.15, 0.2) is 36.7 Å². The van der Waals surface area contributed by atoms with Crippen molar-refractivity contribution in [3.05, 3.63) is 42.4 Å². The molecule has 21 heavy (non-hydrogen) atoms. The van der Waals surface area contributed by atoms with E-state index in [-0.39, 0.29) is 5.91 Å². The summed E-state index contributed by atoms with van der Waals surface area (Å²) in [6.45, 7) is 0.344. The van der Waals surface area contributed by atoms with E-state index in [4.69, 9.17) is 0 Å². The van der Waals surface area contributed by atoms with Crippen LogP contribution in [0.1, 0.15) is 23.3 Å². The van der Waals surface area contributed by atoms with Crippen LogP contribution in [-0.2, 0) is 0 Å². The first-order valence-electron chi connectivity index (χ1n) is 7.06. The number of amides is 1. The Labute approximate surface area is 123 Å². The minimum Gasteiger partial charge on any atom is -0.391 e. The first-order valence-corrected chi connectivity index (χ1v) is 7.06. The standard InChI is InChI=1S/C15H18N4O2/c1-18(10-13(20)11-6-7-11)15(21)12-4-2-5-14(17-12)19-9-3-8-16-19/h2-5,8-9,11,13,20H,6-7,10H2,1H3. The van der Waals surface area contributed by atoms with Crippen LogP contribution < -0.4 is 0 Å². The van der Waals surface area contributed by atoms with Gasteiger partial charge in [-0.3, -0.25) is 4.79 Å². The van der Waals surface area contributed by atoms with Crippen LogP contribution in [0.4, 0.5) is 0 Å². The van der Waals surface area contributed by atoms with Gasteiger partial charge in [-0.1, -0.05) is 6.07 Å². The van der Waals surface area contributed by atoms with Crippen molar-refractivity contribution >= 4 is 5.91 Å². The first kappa shape index (κ1) is 13.8. The second-order valence-corrected chi connectivity index (χ2v) is 5.42. The van der Waals surface area contributed by atoms with Gasteiger partial charge in [0.2, 0.25) is 0 Å². The van der Waals surface area contributed by atoms with Crippen molar-refractivity contribution in [1.82, 2.24) is 19.7 Å². The zero-order chi connectivity index (χ0) is 14.8. The van der Waals surface area contributed by atoms with E-state index in [9.17, 15) is 9.90 Å². The lowest BCUT2D eigenvalue weighted by Gasteiger charge is -2.20. The highest BCUT2D eigenvalue weighted by molar-refractivity contribution is 5.92. The second kappa shape index (κ2) is 5.65. The van der Waals surface area contributed by atoms with Crippen molar-refractivity contribution in [3.63, 3.8) is 0 Å². The first-order chi connectivity index (χ1) is 10.1. The summed E-state index contributed by atoms with van der Waals surface area (Å²) in [5.74, 6) is 0.759. The Morgan fingerprint density at radius 3 is 2.95 bits per heavy atom. The third-order valence-corrected chi connectivity index (χ3v) is 3.67. The third kappa shape index (κ3) is 3.11. The van der Waals surface area contributed by atoms with E-state index >= 15 is 0 Å². The SMILES string of the molecule is CN(CC(O)C1CC1)C(=O)c1cccc(-n2cccn2)n1. The Bertz CT molecular complexity index is 622. The maximum atomic E-state index is 12.4. The number of aromatic nitrogens is 3. The van der Waals surface area contributed by atoms with Gasteiger partial charge in [0.05, 0.1) is 6.10 Å². The number of hydrogen-bond donors (Lipinski definition) is 1. The molecule has 1 N–H and O–H groups in total. The summed E-state index contributed by atoms with van der Waals surface area (Å²) in [4.78, 5) is 18.2. The fraction of sp³-hybridized carbons (Fsp3) is 0.400. The van der Waals surface area contributed by atoms with Crippen molar-refractivity contribution in [2.24, 2.45) is 5.92 Å². The van der Waals surface area contributed by atoms with Gasteiger partial charge in [0.25, 0.3) is 5.91 Å². The summed E-state index contributed by atoms with van der Waals surface area (Å²) >= 11 is 0. The van der Waals surface area contributed by atoms with Gasteiger partial charge < -0.3 is 10.0 Å². The summed E-state index contributed by atoms with van der Waals surface area (Å²) in [7, 11) is 1.69. The molecule has 110 valence electrons. The molecule has 0 bridgehead atoms. The molecule has 1 saturated carbocycles. The van der Waals surface area contributed by atoms with E-state index < -0.39 is 6.10 Å². The largest absolute Gasteiger partial charge is 0.391 e. The highest BCUT2D eigenvalue weighted by atomic mass is 16.3. The van der Waals surface area contributed by atoms with Crippen LogP contribution in [0.2, 0.25) is 0 Å². The summed E-state index contributed by atoms with van der Waals surface area (Å²) in [5, 5.41) is 14.0. The van der Waals surface area contributed by atoms with Crippen molar-refractivity contribution < 1.29 is 9.90 Å². The number of aliphatic hydroxyl groups is 1. The quantitative estimate of drug-likeness (QED) is 0.894. The molecule has 0 aliphatic heterocycles. The number of carbonyl (C=O) groups excluding carboxylic acids is 1. The minimum atomic E-state index is -0.437. The van der Waals surface area contributed by atoms with Crippen LogP contribution in [0, 0.1) is 5.92 Å². The molecule has 1 fully saturated rings. The smallest absolute Gasteiger partial charge is 0.272 e. The van der Waals surface area contributed by atoms with E-state index in [2.05, 4.69) is 10.1 Å². The van der Waals surface area contributed by atoms with Crippen LogP contribution in [0.25, 0.3) is 5.82 Å². The molecule has 2 heterocycles. The van der Waals surface area contributed by atoms with Crippen LogP contribution in [-0.4, -0.2) is 50.4 Å². The Morgan fingerprint density at radius 1 is 1.48 bits per heavy atom. The molecule has 1 aliphatic rings. The summed E-state index contributed by atoms with van der Waals surface area (Å²) in [6, 6.07) is 7.05. The van der Waals surface area contributed by atoms with Crippen LogP contribution >= 0.6 is 0 Å². The molecule has 2 aromatic heterocycles. The van der Waals surface area contributed by atoms with Crippen molar-refractivity contribution in [1.29, 1.82) is 0 Å². The highest BCUT2D eigenvalue weighted by Gasteiger charge is 2.31. The van der Waals surface area contributed by atoms with Crippen LogP contribution in [0.3, 0.4) is 0 Å². The molecule has 6 heteroatoms. The van der Waals surface area contributed by atoms with E-state index in [1.54, 1.807) is 48.4 Å². The Balaban J connectivity index is 1.73. The second-order valence-electron chi connectivity index (χ2n) is 5.42. The van der Waals surface area contributed by atoms with E-state index in [0.717, 1.165) is 12.8 Å². The monoisotopic (exact) mass is 286 g/mol. The maximum Gasteiger partial charge on any atom is 0.272 e. The lowest BCUT2D eigenvalue weighted by atomic mass is 10.2. The molecule has 0 aromatic carbocycles. The average Bonchev–Trinajstić information content (AvgIpc) is 3.21. The minimum absolute atomic E-state index is 0.191. The molecule has 1 atom stereocenters. The fourth-order valence-corrected chi connectivity index (χ4v) is 2.26. The molecular weight excluding hydrogens is 268 g/mol. The number of likely N-dealkylation sites (N-methyl/N-ethyl adjacent to an activating group) is 1. The van der Waals surface area contributed by atoms with Gasteiger partial charge in [0.1, 0.15) is 5.69 Å². The molecule has 1 unspecified atom stereocenters. The molecule has 2 aromatic rings. The predicted octanol–water partition coefficient (Wildman–Crippen LogP) is 1.11. The van der Waals surface area contributed by atoms with Crippen molar-refractivity contribution in [3.8, 4) is 5.82 Å². The van der Waals surface area contributed by atoms with E-state index in [0.29, 0.717) is 24.0 Å². The lowest BCUT2D eigenvalue weighted by Crippen LogP contribution is -2.35. The Hall–Kier alpha value is -2.21. The van der Waals surface area contributed by atoms with Gasteiger partial charge in [-0.05, 0) is 37.0 Å². The number of nitrogens with zero attached hydrogens (tertiary/aromatic N) is 4. The van der Waals surface area contributed by atoms with Crippen molar-refractivity contribution in [2.45, 2.75) is 18.9 Å². The van der Waals surface area contributed by atoms with Crippen molar-refractivity contribution in [2.75, 3.05) is 13.6 Å². The number of rotatable bonds is 5. The van der Waals surface area contributed by atoms with E-state index in [1.807, 2.05) is 0 Å². The third-order valence-electron chi connectivity index (χ3n) is 3.67. The normalized spacial score (nSPS) is 15.7. The summed E-state index contributed by atoms with van der Waals surface area (Å²) < 4.78 is 1.61. The molecule has 6 nitrogen and oxygen atoms in total. The van der Waals surface area contributed by atoms with Gasteiger partial charge in [0.15, 0.2) is 5.82 Å². The number of hydrogen-bond acceptors (Lipinski definition) is 4. The highest BCUT2D eigenvalue weighted by Crippen LogP contribution is 2.32.